The molecule has 2 aliphatic rings. The molecule has 0 bridgehead atoms. The van der Waals surface area contributed by atoms with E-state index >= 15 is 0 Å². The van der Waals surface area contributed by atoms with E-state index in [4.69, 9.17) is 18.9 Å². The lowest BCUT2D eigenvalue weighted by Gasteiger charge is -2.34. The maximum atomic E-state index is 13.8. The second-order valence-electron chi connectivity index (χ2n) is 17.2. The predicted octanol–water partition coefficient (Wildman–Crippen LogP) is 9.71. The number of benzene rings is 4. The molecular weight excluding hydrogens is 866 g/mol. The zero-order valence-corrected chi connectivity index (χ0v) is 37.5. The summed E-state index contributed by atoms with van der Waals surface area (Å²) in [5.74, 6) is -0.685. The molecule has 0 saturated carbocycles. The summed E-state index contributed by atoms with van der Waals surface area (Å²) in [6.07, 6.45) is -0.474. The second kappa shape index (κ2) is 20.2. The first kappa shape index (κ1) is 46.5. The number of esters is 2. The Bertz CT molecular complexity index is 2800. The van der Waals surface area contributed by atoms with Crippen molar-refractivity contribution in [1.82, 2.24) is 19.8 Å². The second-order valence-corrected chi connectivity index (χ2v) is 17.2. The topological polar surface area (TPSA) is 137 Å². The van der Waals surface area contributed by atoms with Crippen LogP contribution in [0.2, 0.25) is 0 Å². The van der Waals surface area contributed by atoms with Gasteiger partial charge >= 0.3 is 18.1 Å². The van der Waals surface area contributed by atoms with Crippen LogP contribution in [-0.2, 0) is 30.1 Å². The Balaban J connectivity index is 0.801. The third-order valence-electron chi connectivity index (χ3n) is 12.5. The van der Waals surface area contributed by atoms with Gasteiger partial charge in [0.2, 0.25) is 0 Å². The number of rotatable bonds is 13. The first-order valence-corrected chi connectivity index (χ1v) is 22.5. The molecule has 2 amide bonds. The average molecular weight is 917 g/mol. The van der Waals surface area contributed by atoms with Crippen molar-refractivity contribution in [2.24, 2.45) is 11.8 Å². The van der Waals surface area contributed by atoms with Crippen molar-refractivity contribution in [3.63, 3.8) is 0 Å². The third-order valence-corrected chi connectivity index (χ3v) is 12.5. The summed E-state index contributed by atoms with van der Waals surface area (Å²) in [6.45, 7) is 4.89. The van der Waals surface area contributed by atoms with E-state index < -0.39 is 35.9 Å². The molecule has 348 valence electrons. The average Bonchev–Trinajstić information content (AvgIpc) is 3.32. The molecule has 0 unspecified atom stereocenters. The van der Waals surface area contributed by atoms with Gasteiger partial charge in [0.15, 0.2) is 12.2 Å². The maximum Gasteiger partial charge on any atom is 0.417 e. The summed E-state index contributed by atoms with van der Waals surface area (Å²) in [6, 6.07) is 27.0. The first-order chi connectivity index (χ1) is 32.2. The lowest BCUT2D eigenvalue weighted by molar-refractivity contribution is -0.162. The van der Waals surface area contributed by atoms with Gasteiger partial charge in [-0.05, 0) is 117 Å². The van der Waals surface area contributed by atoms with Crippen LogP contribution in [0.5, 0.6) is 17.2 Å². The van der Waals surface area contributed by atoms with E-state index in [9.17, 15) is 32.3 Å². The number of piperidine rings is 2. The van der Waals surface area contributed by atoms with Gasteiger partial charge in [0.05, 0.1) is 36.5 Å². The molecule has 2 saturated heterocycles. The molecule has 67 heavy (non-hydrogen) atoms. The molecule has 4 heterocycles. The van der Waals surface area contributed by atoms with Gasteiger partial charge < -0.3 is 28.7 Å². The van der Waals surface area contributed by atoms with Crippen molar-refractivity contribution in [3.05, 3.63) is 115 Å². The maximum absolute atomic E-state index is 13.8. The lowest BCUT2D eigenvalue weighted by atomic mass is 9.94. The number of methoxy groups -OCH3 is 1. The largest absolute Gasteiger partial charge is 0.496 e. The van der Waals surface area contributed by atoms with Gasteiger partial charge in [0, 0.05) is 67.0 Å². The molecule has 8 rings (SSSR count). The van der Waals surface area contributed by atoms with Gasteiger partial charge in [-0.1, -0.05) is 36.4 Å². The van der Waals surface area contributed by atoms with Crippen molar-refractivity contribution in [2.45, 2.75) is 70.8 Å². The van der Waals surface area contributed by atoms with Crippen LogP contribution in [0, 0.1) is 11.8 Å². The summed E-state index contributed by atoms with van der Waals surface area (Å²) in [5, 5.41) is 1.41. The zero-order valence-electron chi connectivity index (χ0n) is 37.5. The Kier molecular flexibility index (Phi) is 14.0. The van der Waals surface area contributed by atoms with Crippen LogP contribution in [0.1, 0.15) is 57.9 Å². The molecule has 2 aliphatic heterocycles. The minimum Gasteiger partial charge on any atom is -0.496 e. The highest BCUT2D eigenvalue weighted by Gasteiger charge is 2.35. The molecule has 6 aromatic rings. The normalized spacial score (nSPS) is 17.4. The number of para-hydroxylation sites is 1. The molecule has 0 N–H and O–H groups in total. The molecular formula is C52H51F3N4O8. The number of hydrogen-bond acceptors (Lipinski definition) is 10. The highest BCUT2D eigenvalue weighted by Crippen LogP contribution is 2.40. The van der Waals surface area contributed by atoms with Gasteiger partial charge in [-0.25, -0.2) is 0 Å². The smallest absolute Gasteiger partial charge is 0.417 e. The van der Waals surface area contributed by atoms with Crippen molar-refractivity contribution in [2.75, 3.05) is 33.3 Å². The van der Waals surface area contributed by atoms with E-state index in [-0.39, 0.29) is 48.6 Å². The Morgan fingerprint density at radius 3 is 1.63 bits per heavy atom. The molecule has 12 nitrogen and oxygen atoms in total. The lowest BCUT2D eigenvalue weighted by Crippen LogP contribution is -2.46. The van der Waals surface area contributed by atoms with Crippen LogP contribution in [0.4, 0.5) is 13.2 Å². The number of amides is 2. The molecule has 15 heteroatoms. The Morgan fingerprint density at radius 2 is 1.12 bits per heavy atom. The van der Waals surface area contributed by atoms with Crippen molar-refractivity contribution in [3.8, 4) is 39.5 Å². The van der Waals surface area contributed by atoms with Crippen LogP contribution in [0.15, 0.2) is 109 Å². The number of fused-ring (bicyclic) bond motifs is 2. The standard InChI is InChI=1S/C52H51F3N4O8/c1-32(65-36-16-18-41-38(20-22-56-45(41)28-36)40-12-4-6-14-44(40)52(53,54)55)50(62)58-24-8-10-34(30-58)26-48(60)67-49(61)27-35-11-9-25-59(31-35)51(63)33(2)66-37-17-19-42-39(21-23-57-46(42)29-37)43-13-5-7-15-47(43)64-3/h4-7,12-23,28-29,32-35H,8-11,24-27,30-31H2,1-3H3/t32-,33-,34-,35-/m1/s1. The SMILES string of the molecule is COc1ccccc1-c1ccnc2cc(O[C@H](C)C(=O)N3CCC[C@H](CC(=O)OC(=O)C[C@H]4CCCN(C(=O)[C@@H](C)Oc5ccc6c(-c7ccccc7C(F)(F)F)ccnc6c5)C4)C3)ccc12. The highest BCUT2D eigenvalue weighted by molar-refractivity contribution is 5.97. The summed E-state index contributed by atoms with van der Waals surface area (Å²) in [4.78, 5) is 65.4. The fourth-order valence-electron chi connectivity index (χ4n) is 9.27. The molecule has 2 fully saturated rings. The highest BCUT2D eigenvalue weighted by atomic mass is 19.4. The van der Waals surface area contributed by atoms with Crippen LogP contribution in [0.25, 0.3) is 44.1 Å². The molecule has 2 aromatic heterocycles. The number of hydrogen-bond donors (Lipinski definition) is 0. The van der Waals surface area contributed by atoms with E-state index in [2.05, 4.69) is 9.97 Å². The number of alkyl halides is 3. The van der Waals surface area contributed by atoms with Crippen LogP contribution >= 0.6 is 0 Å². The number of carbonyl (C=O) groups is 4. The molecule has 0 aliphatic carbocycles. The predicted molar refractivity (Wildman–Crippen MR) is 245 cm³/mol. The summed E-state index contributed by atoms with van der Waals surface area (Å²) in [5.41, 5.74) is 2.66. The molecule has 4 atom stereocenters. The Labute approximate surface area is 386 Å². The number of likely N-dealkylation sites (tertiary alicyclic amines) is 2. The van der Waals surface area contributed by atoms with Gasteiger partial charge in [-0.3, -0.25) is 29.1 Å². The van der Waals surface area contributed by atoms with E-state index in [1.165, 1.54) is 24.4 Å². The fraction of sp³-hybridized carbons (Fsp3) is 0.346. The zero-order chi connectivity index (χ0) is 47.2. The van der Waals surface area contributed by atoms with E-state index in [0.717, 1.165) is 28.3 Å². The molecule has 0 spiro atoms. The first-order valence-electron chi connectivity index (χ1n) is 22.5. The number of pyridine rings is 2. The quantitative estimate of drug-likeness (QED) is 0.0814. The minimum atomic E-state index is -4.54. The monoisotopic (exact) mass is 916 g/mol. The van der Waals surface area contributed by atoms with Gasteiger partial charge in [-0.2, -0.15) is 13.2 Å². The van der Waals surface area contributed by atoms with Crippen molar-refractivity contribution >= 4 is 45.6 Å². The minimum absolute atomic E-state index is 0.0216. The summed E-state index contributed by atoms with van der Waals surface area (Å²) < 4.78 is 64.5. The van der Waals surface area contributed by atoms with Crippen molar-refractivity contribution < 1.29 is 51.3 Å². The fourth-order valence-corrected chi connectivity index (χ4v) is 9.27. The van der Waals surface area contributed by atoms with Crippen LogP contribution in [-0.4, -0.2) is 89.0 Å². The number of aromatic nitrogens is 2. The number of halogens is 3. The van der Waals surface area contributed by atoms with E-state index in [1.54, 1.807) is 67.3 Å². The Hall–Kier alpha value is -7.03. The Morgan fingerprint density at radius 1 is 0.642 bits per heavy atom. The summed E-state index contributed by atoms with van der Waals surface area (Å²) >= 11 is 0. The van der Waals surface area contributed by atoms with Gasteiger partial charge in [0.25, 0.3) is 11.8 Å². The molecule has 0 radical (unpaired) electrons. The number of carbonyl (C=O) groups excluding carboxylic acids is 4. The molecule has 4 aromatic carbocycles. The summed E-state index contributed by atoms with van der Waals surface area (Å²) in [7, 11) is 1.63. The number of nitrogens with zero attached hydrogens (tertiary/aromatic N) is 4. The van der Waals surface area contributed by atoms with Gasteiger partial charge in [0.1, 0.15) is 17.2 Å². The van der Waals surface area contributed by atoms with E-state index in [0.29, 0.717) is 78.8 Å². The van der Waals surface area contributed by atoms with Crippen LogP contribution < -0.4 is 14.2 Å². The van der Waals surface area contributed by atoms with E-state index in [1.807, 2.05) is 42.5 Å². The van der Waals surface area contributed by atoms with Crippen LogP contribution in [0.3, 0.4) is 0 Å². The third kappa shape index (κ3) is 10.8. The van der Waals surface area contributed by atoms with Crippen molar-refractivity contribution in [1.29, 1.82) is 0 Å². The number of ether oxygens (including phenoxy) is 4. The van der Waals surface area contributed by atoms with Gasteiger partial charge in [-0.15, -0.1) is 0 Å².